The standard InChI is InChI=1S/C12H12F3NO/c13-12(14,15)9-1-3-10(4-2-9)16-7-5-11(17)6-8-16/h1-4H,5-8H2. The van der Waals surface area contributed by atoms with Gasteiger partial charge in [-0.25, -0.2) is 0 Å². The molecule has 1 aliphatic heterocycles. The minimum atomic E-state index is -4.30. The fourth-order valence-electron chi connectivity index (χ4n) is 1.88. The second kappa shape index (κ2) is 4.39. The molecular formula is C12H12F3NO. The molecule has 1 aliphatic rings. The van der Waals surface area contributed by atoms with Gasteiger partial charge in [-0.15, -0.1) is 0 Å². The van der Waals surface area contributed by atoms with E-state index >= 15 is 0 Å². The Morgan fingerprint density at radius 3 is 2.00 bits per heavy atom. The predicted molar refractivity (Wildman–Crippen MR) is 57.9 cm³/mol. The largest absolute Gasteiger partial charge is 0.416 e. The molecule has 2 rings (SSSR count). The molecule has 92 valence electrons. The van der Waals surface area contributed by atoms with Gasteiger partial charge in [0.25, 0.3) is 0 Å². The highest BCUT2D eigenvalue weighted by atomic mass is 19.4. The number of piperidine rings is 1. The quantitative estimate of drug-likeness (QED) is 0.756. The number of hydrogen-bond donors (Lipinski definition) is 0. The second-order valence-corrected chi connectivity index (χ2v) is 4.07. The van der Waals surface area contributed by atoms with Crippen LogP contribution in [0, 0.1) is 0 Å². The van der Waals surface area contributed by atoms with E-state index in [-0.39, 0.29) is 5.78 Å². The van der Waals surface area contributed by atoms with E-state index in [1.807, 2.05) is 4.90 Å². The lowest BCUT2D eigenvalue weighted by molar-refractivity contribution is -0.137. The third kappa shape index (κ3) is 2.78. The van der Waals surface area contributed by atoms with Gasteiger partial charge in [0.2, 0.25) is 0 Å². The Morgan fingerprint density at radius 1 is 1.00 bits per heavy atom. The maximum absolute atomic E-state index is 12.4. The third-order valence-electron chi connectivity index (χ3n) is 2.88. The van der Waals surface area contributed by atoms with Gasteiger partial charge < -0.3 is 4.90 Å². The van der Waals surface area contributed by atoms with Crippen LogP contribution in [0.15, 0.2) is 24.3 Å². The van der Waals surface area contributed by atoms with Crippen molar-refractivity contribution in [3.63, 3.8) is 0 Å². The summed E-state index contributed by atoms with van der Waals surface area (Å²) in [4.78, 5) is 13.0. The lowest BCUT2D eigenvalue weighted by atomic mass is 10.1. The van der Waals surface area contributed by atoms with Gasteiger partial charge in [0.1, 0.15) is 5.78 Å². The summed E-state index contributed by atoms with van der Waals surface area (Å²) in [5.74, 6) is 0.216. The summed E-state index contributed by atoms with van der Waals surface area (Å²) in [6.07, 6.45) is -3.35. The second-order valence-electron chi connectivity index (χ2n) is 4.07. The fraction of sp³-hybridized carbons (Fsp3) is 0.417. The molecule has 0 amide bonds. The number of carbonyl (C=O) groups excluding carboxylic acids is 1. The molecule has 0 unspecified atom stereocenters. The number of ketones is 1. The summed E-state index contributed by atoms with van der Waals surface area (Å²) in [7, 11) is 0. The SMILES string of the molecule is O=C1CCN(c2ccc(C(F)(F)F)cc2)CC1. The van der Waals surface area contributed by atoms with E-state index in [0.717, 1.165) is 17.8 Å². The van der Waals surface area contributed by atoms with Crippen molar-refractivity contribution in [3.05, 3.63) is 29.8 Å². The molecule has 1 saturated heterocycles. The van der Waals surface area contributed by atoms with Crippen LogP contribution in [-0.4, -0.2) is 18.9 Å². The average Bonchev–Trinajstić information content (AvgIpc) is 2.29. The maximum Gasteiger partial charge on any atom is 0.416 e. The number of anilines is 1. The number of alkyl halides is 3. The molecule has 17 heavy (non-hydrogen) atoms. The zero-order chi connectivity index (χ0) is 12.5. The van der Waals surface area contributed by atoms with Gasteiger partial charge in [0.05, 0.1) is 5.56 Å². The van der Waals surface area contributed by atoms with Crippen LogP contribution < -0.4 is 4.90 Å². The van der Waals surface area contributed by atoms with Crippen molar-refractivity contribution in [1.82, 2.24) is 0 Å². The van der Waals surface area contributed by atoms with Crippen molar-refractivity contribution >= 4 is 11.5 Å². The molecule has 2 nitrogen and oxygen atoms in total. The van der Waals surface area contributed by atoms with E-state index in [4.69, 9.17) is 0 Å². The van der Waals surface area contributed by atoms with Crippen LogP contribution in [0.1, 0.15) is 18.4 Å². The lowest BCUT2D eigenvalue weighted by Gasteiger charge is -2.28. The minimum absolute atomic E-state index is 0.216. The Labute approximate surface area is 97.0 Å². The van der Waals surface area contributed by atoms with E-state index in [0.29, 0.717) is 25.9 Å². The van der Waals surface area contributed by atoms with Gasteiger partial charge >= 0.3 is 6.18 Å². The molecule has 1 aromatic rings. The van der Waals surface area contributed by atoms with Crippen molar-refractivity contribution in [2.75, 3.05) is 18.0 Å². The summed E-state index contributed by atoms with van der Waals surface area (Å²) in [6, 6.07) is 5.06. The van der Waals surface area contributed by atoms with Crippen molar-refractivity contribution in [3.8, 4) is 0 Å². The molecule has 1 aromatic carbocycles. The molecule has 0 aliphatic carbocycles. The topological polar surface area (TPSA) is 20.3 Å². The first-order chi connectivity index (χ1) is 7.97. The molecule has 1 fully saturated rings. The molecule has 5 heteroatoms. The molecule has 1 heterocycles. The molecule has 0 N–H and O–H groups in total. The number of Topliss-reactive ketones (excluding diaryl/α,β-unsaturated/α-hetero) is 1. The average molecular weight is 243 g/mol. The molecule has 0 saturated carbocycles. The van der Waals surface area contributed by atoms with Crippen molar-refractivity contribution < 1.29 is 18.0 Å². The zero-order valence-electron chi connectivity index (χ0n) is 9.13. The van der Waals surface area contributed by atoms with Crippen LogP contribution in [0.4, 0.5) is 18.9 Å². The summed E-state index contributed by atoms with van der Waals surface area (Å²) in [5.41, 5.74) is 0.0971. The lowest BCUT2D eigenvalue weighted by Crippen LogP contribution is -2.33. The van der Waals surface area contributed by atoms with Crippen molar-refractivity contribution in [2.45, 2.75) is 19.0 Å². The number of benzene rings is 1. The van der Waals surface area contributed by atoms with Gasteiger partial charge in [-0.2, -0.15) is 13.2 Å². The number of rotatable bonds is 1. The first kappa shape index (κ1) is 12.0. The smallest absolute Gasteiger partial charge is 0.371 e. The van der Waals surface area contributed by atoms with Crippen molar-refractivity contribution in [2.24, 2.45) is 0 Å². The molecule has 0 atom stereocenters. The molecular weight excluding hydrogens is 231 g/mol. The number of carbonyl (C=O) groups is 1. The van der Waals surface area contributed by atoms with Crippen LogP contribution >= 0.6 is 0 Å². The monoisotopic (exact) mass is 243 g/mol. The van der Waals surface area contributed by atoms with Crippen LogP contribution in [0.5, 0.6) is 0 Å². The van der Waals surface area contributed by atoms with E-state index < -0.39 is 11.7 Å². The van der Waals surface area contributed by atoms with Crippen LogP contribution in [0.2, 0.25) is 0 Å². The van der Waals surface area contributed by atoms with E-state index in [9.17, 15) is 18.0 Å². The number of hydrogen-bond acceptors (Lipinski definition) is 2. The first-order valence-electron chi connectivity index (χ1n) is 5.41. The maximum atomic E-state index is 12.4. The van der Waals surface area contributed by atoms with Gasteiger partial charge in [0, 0.05) is 31.6 Å². The minimum Gasteiger partial charge on any atom is -0.371 e. The zero-order valence-corrected chi connectivity index (χ0v) is 9.13. The number of halogens is 3. The van der Waals surface area contributed by atoms with Crippen LogP contribution in [-0.2, 0) is 11.0 Å². The summed E-state index contributed by atoms with van der Waals surface area (Å²) in [6.45, 7) is 1.17. The first-order valence-corrected chi connectivity index (χ1v) is 5.41. The Balaban J connectivity index is 2.10. The van der Waals surface area contributed by atoms with Crippen molar-refractivity contribution in [1.29, 1.82) is 0 Å². The Hall–Kier alpha value is -1.52. The highest BCUT2D eigenvalue weighted by Gasteiger charge is 2.30. The summed E-state index contributed by atoms with van der Waals surface area (Å²) < 4.78 is 37.1. The van der Waals surface area contributed by atoms with E-state index in [1.165, 1.54) is 12.1 Å². The Bertz CT molecular complexity index is 401. The van der Waals surface area contributed by atoms with Gasteiger partial charge in [0.15, 0.2) is 0 Å². The summed E-state index contributed by atoms with van der Waals surface area (Å²) in [5, 5.41) is 0. The normalized spacial score (nSPS) is 17.4. The highest BCUT2D eigenvalue weighted by molar-refractivity contribution is 5.81. The molecule has 0 spiro atoms. The third-order valence-corrected chi connectivity index (χ3v) is 2.88. The molecule has 0 radical (unpaired) electrons. The Morgan fingerprint density at radius 2 is 1.53 bits per heavy atom. The van der Waals surface area contributed by atoms with Gasteiger partial charge in [-0.05, 0) is 24.3 Å². The number of nitrogens with zero attached hydrogens (tertiary/aromatic N) is 1. The highest BCUT2D eigenvalue weighted by Crippen LogP contribution is 2.30. The Kier molecular flexibility index (Phi) is 3.09. The molecule has 0 aromatic heterocycles. The van der Waals surface area contributed by atoms with Crippen LogP contribution in [0.25, 0.3) is 0 Å². The predicted octanol–water partition coefficient (Wildman–Crippen LogP) is 2.87. The van der Waals surface area contributed by atoms with Gasteiger partial charge in [-0.1, -0.05) is 0 Å². The van der Waals surface area contributed by atoms with Gasteiger partial charge in [-0.3, -0.25) is 4.79 Å². The van der Waals surface area contributed by atoms with Crippen LogP contribution in [0.3, 0.4) is 0 Å². The van der Waals surface area contributed by atoms with E-state index in [2.05, 4.69) is 0 Å². The van der Waals surface area contributed by atoms with E-state index in [1.54, 1.807) is 0 Å². The molecule has 0 bridgehead atoms. The fourth-order valence-corrected chi connectivity index (χ4v) is 1.88. The summed E-state index contributed by atoms with van der Waals surface area (Å²) >= 11 is 0.